The summed E-state index contributed by atoms with van der Waals surface area (Å²) < 4.78 is 32.5. The summed E-state index contributed by atoms with van der Waals surface area (Å²) in [6.45, 7) is 1.15. The number of carboxylic acid groups (broad SMARTS) is 1. The first-order valence-corrected chi connectivity index (χ1v) is 9.21. The molecule has 2 fully saturated rings. The number of hydrogen-bond acceptors (Lipinski definition) is 4. The van der Waals surface area contributed by atoms with Crippen LogP contribution in [-0.4, -0.2) is 58.1 Å². The third kappa shape index (κ3) is 3.53. The van der Waals surface area contributed by atoms with Gasteiger partial charge >= 0.3 is 12.1 Å². The summed E-state index contributed by atoms with van der Waals surface area (Å²) in [4.78, 5) is 39.7. The first-order chi connectivity index (χ1) is 13.3. The van der Waals surface area contributed by atoms with Crippen LogP contribution in [-0.2, 0) is 14.3 Å². The molecule has 1 aromatic carbocycles. The van der Waals surface area contributed by atoms with E-state index in [4.69, 9.17) is 4.74 Å². The molecule has 0 unspecified atom stereocenters. The van der Waals surface area contributed by atoms with Crippen molar-refractivity contribution in [2.24, 2.45) is 0 Å². The summed E-state index contributed by atoms with van der Waals surface area (Å²) in [6.07, 6.45) is 0.792. The van der Waals surface area contributed by atoms with E-state index in [0.29, 0.717) is 31.7 Å². The van der Waals surface area contributed by atoms with Crippen molar-refractivity contribution in [3.05, 3.63) is 35.4 Å². The SMILES string of the molecule is CCOC(=O)CN1C(=O)C2(CCCC2)N(C(=O)O)C[C@@H]1c1cc(F)cc(F)c1. The molecule has 1 N–H and O–H groups in total. The van der Waals surface area contributed by atoms with Crippen molar-refractivity contribution in [1.82, 2.24) is 9.80 Å². The molecular weight excluding hydrogens is 374 g/mol. The molecule has 1 heterocycles. The fourth-order valence-corrected chi connectivity index (χ4v) is 4.26. The molecule has 1 spiro atoms. The maximum Gasteiger partial charge on any atom is 0.408 e. The number of amides is 2. The topological polar surface area (TPSA) is 87.2 Å². The Morgan fingerprint density at radius 1 is 1.21 bits per heavy atom. The quantitative estimate of drug-likeness (QED) is 0.791. The smallest absolute Gasteiger partial charge is 0.408 e. The second-order valence-corrected chi connectivity index (χ2v) is 7.09. The molecule has 152 valence electrons. The van der Waals surface area contributed by atoms with Gasteiger partial charge in [0.2, 0.25) is 5.91 Å². The molecule has 3 rings (SSSR count). The lowest BCUT2D eigenvalue weighted by Gasteiger charge is -2.50. The minimum Gasteiger partial charge on any atom is -0.465 e. The summed E-state index contributed by atoms with van der Waals surface area (Å²) in [6, 6.07) is 1.79. The molecule has 1 saturated carbocycles. The highest BCUT2D eigenvalue weighted by molar-refractivity contribution is 5.93. The van der Waals surface area contributed by atoms with Crippen LogP contribution < -0.4 is 0 Å². The first kappa shape index (κ1) is 20.0. The van der Waals surface area contributed by atoms with Crippen LogP contribution in [0.15, 0.2) is 18.2 Å². The fraction of sp³-hybridized carbons (Fsp3) is 0.526. The molecular formula is C19H22F2N2O5. The van der Waals surface area contributed by atoms with Crippen LogP contribution in [0, 0.1) is 11.6 Å². The monoisotopic (exact) mass is 396 g/mol. The lowest BCUT2D eigenvalue weighted by Crippen LogP contribution is -2.67. The summed E-state index contributed by atoms with van der Waals surface area (Å²) in [5.41, 5.74) is -1.16. The fourth-order valence-electron chi connectivity index (χ4n) is 4.26. The second kappa shape index (κ2) is 7.73. The summed E-state index contributed by atoms with van der Waals surface area (Å²) in [5, 5.41) is 9.72. The van der Waals surface area contributed by atoms with Crippen molar-refractivity contribution >= 4 is 18.0 Å². The highest BCUT2D eigenvalue weighted by Crippen LogP contribution is 2.43. The van der Waals surface area contributed by atoms with Crippen molar-refractivity contribution in [1.29, 1.82) is 0 Å². The lowest BCUT2D eigenvalue weighted by atomic mass is 9.87. The predicted octanol–water partition coefficient (Wildman–Crippen LogP) is 2.70. The molecule has 0 aromatic heterocycles. The highest BCUT2D eigenvalue weighted by Gasteiger charge is 2.56. The Hall–Kier alpha value is -2.71. The largest absolute Gasteiger partial charge is 0.465 e. The molecule has 2 aliphatic rings. The zero-order valence-electron chi connectivity index (χ0n) is 15.5. The standard InChI is InChI=1S/C19H22F2N2O5/c1-2-28-16(24)11-22-15(12-7-13(20)9-14(21)8-12)10-23(18(26)27)19(17(22)25)5-3-4-6-19/h7-9,15H,2-6,10-11H2,1H3,(H,26,27)/t15-/m1/s1. The third-order valence-electron chi connectivity index (χ3n) is 5.44. The Morgan fingerprint density at radius 2 is 1.82 bits per heavy atom. The van der Waals surface area contributed by atoms with Gasteiger partial charge in [-0.15, -0.1) is 0 Å². The summed E-state index contributed by atoms with van der Waals surface area (Å²) in [7, 11) is 0. The first-order valence-electron chi connectivity index (χ1n) is 9.21. The van der Waals surface area contributed by atoms with Gasteiger partial charge in [-0.05, 0) is 37.5 Å². The van der Waals surface area contributed by atoms with Crippen LogP contribution in [0.1, 0.15) is 44.2 Å². The molecule has 1 saturated heterocycles. The Morgan fingerprint density at radius 3 is 2.36 bits per heavy atom. The van der Waals surface area contributed by atoms with Gasteiger partial charge in [0.05, 0.1) is 12.6 Å². The van der Waals surface area contributed by atoms with Crippen LogP contribution in [0.4, 0.5) is 13.6 Å². The van der Waals surface area contributed by atoms with Gasteiger partial charge in [-0.3, -0.25) is 14.5 Å². The predicted molar refractivity (Wildman–Crippen MR) is 93.4 cm³/mol. The molecule has 1 aliphatic heterocycles. The number of nitrogens with zero attached hydrogens (tertiary/aromatic N) is 2. The van der Waals surface area contributed by atoms with Gasteiger partial charge in [0.15, 0.2) is 0 Å². The summed E-state index contributed by atoms with van der Waals surface area (Å²) >= 11 is 0. The number of carbonyl (C=O) groups is 3. The molecule has 1 aromatic rings. The average molecular weight is 396 g/mol. The van der Waals surface area contributed by atoms with Gasteiger partial charge in [0.25, 0.3) is 0 Å². The molecule has 1 aliphatic carbocycles. The van der Waals surface area contributed by atoms with E-state index in [-0.39, 0.29) is 18.7 Å². The van der Waals surface area contributed by atoms with E-state index in [1.165, 1.54) is 4.90 Å². The van der Waals surface area contributed by atoms with Crippen LogP contribution in [0.25, 0.3) is 0 Å². The number of hydrogen-bond donors (Lipinski definition) is 1. The van der Waals surface area contributed by atoms with Crippen molar-refractivity contribution in [2.75, 3.05) is 19.7 Å². The van der Waals surface area contributed by atoms with E-state index < -0.39 is 47.7 Å². The van der Waals surface area contributed by atoms with E-state index in [1.807, 2.05) is 0 Å². The number of rotatable bonds is 4. The zero-order chi connectivity index (χ0) is 20.5. The van der Waals surface area contributed by atoms with Gasteiger partial charge in [-0.2, -0.15) is 0 Å². The van der Waals surface area contributed by atoms with Gasteiger partial charge in [0.1, 0.15) is 23.7 Å². The van der Waals surface area contributed by atoms with E-state index in [2.05, 4.69) is 0 Å². The molecule has 1 atom stereocenters. The second-order valence-electron chi connectivity index (χ2n) is 7.09. The Balaban J connectivity index is 2.05. The van der Waals surface area contributed by atoms with Gasteiger partial charge < -0.3 is 14.7 Å². The number of esters is 1. The maximum atomic E-state index is 13.8. The average Bonchev–Trinajstić information content (AvgIpc) is 3.09. The Kier molecular flexibility index (Phi) is 5.53. The van der Waals surface area contributed by atoms with E-state index >= 15 is 0 Å². The van der Waals surface area contributed by atoms with Crippen molar-refractivity contribution < 1.29 is 33.0 Å². The maximum absolute atomic E-state index is 13.8. The van der Waals surface area contributed by atoms with Crippen LogP contribution >= 0.6 is 0 Å². The minimum atomic E-state index is -1.27. The molecule has 9 heteroatoms. The molecule has 0 bridgehead atoms. The molecule has 7 nitrogen and oxygen atoms in total. The summed E-state index contributed by atoms with van der Waals surface area (Å²) in [5.74, 6) is -2.88. The minimum absolute atomic E-state index is 0.0919. The zero-order valence-corrected chi connectivity index (χ0v) is 15.5. The van der Waals surface area contributed by atoms with E-state index in [1.54, 1.807) is 6.92 Å². The molecule has 0 radical (unpaired) electrons. The molecule has 2 amide bonds. The van der Waals surface area contributed by atoms with Gasteiger partial charge in [0, 0.05) is 12.6 Å². The normalized spacial score (nSPS) is 21.2. The molecule has 28 heavy (non-hydrogen) atoms. The third-order valence-corrected chi connectivity index (χ3v) is 5.44. The van der Waals surface area contributed by atoms with E-state index in [0.717, 1.165) is 17.0 Å². The van der Waals surface area contributed by atoms with Crippen molar-refractivity contribution in [3.8, 4) is 0 Å². The van der Waals surface area contributed by atoms with Crippen LogP contribution in [0.2, 0.25) is 0 Å². The number of carbonyl (C=O) groups excluding carboxylic acids is 2. The Labute approximate surface area is 160 Å². The Bertz CT molecular complexity index is 774. The number of piperazine rings is 1. The number of ether oxygens (including phenoxy) is 1. The highest BCUT2D eigenvalue weighted by atomic mass is 19.1. The van der Waals surface area contributed by atoms with Gasteiger partial charge in [-0.25, -0.2) is 13.6 Å². The number of halogens is 2. The van der Waals surface area contributed by atoms with Crippen LogP contribution in [0.3, 0.4) is 0 Å². The van der Waals surface area contributed by atoms with E-state index in [9.17, 15) is 28.3 Å². The van der Waals surface area contributed by atoms with Crippen LogP contribution in [0.5, 0.6) is 0 Å². The van der Waals surface area contributed by atoms with Gasteiger partial charge in [-0.1, -0.05) is 12.8 Å². The lowest BCUT2D eigenvalue weighted by molar-refractivity contribution is -0.162. The van der Waals surface area contributed by atoms with Crippen molar-refractivity contribution in [3.63, 3.8) is 0 Å². The van der Waals surface area contributed by atoms with Crippen molar-refractivity contribution in [2.45, 2.75) is 44.2 Å². The number of benzene rings is 1.